The molecule has 152 valence electrons. The molecule has 0 aliphatic carbocycles. The number of nitrogens with zero attached hydrogens (tertiary/aromatic N) is 5. The van der Waals surface area contributed by atoms with Gasteiger partial charge in [0.1, 0.15) is 5.75 Å². The first-order valence-corrected chi connectivity index (χ1v) is 9.24. The van der Waals surface area contributed by atoms with Crippen LogP contribution in [0, 0.1) is 13.8 Å². The summed E-state index contributed by atoms with van der Waals surface area (Å²) in [6.45, 7) is 4.36. The number of benzene rings is 1. The lowest BCUT2D eigenvalue weighted by atomic mass is 10.3. The average molecular weight is 397 g/mol. The van der Waals surface area contributed by atoms with Crippen molar-refractivity contribution in [2.45, 2.75) is 20.4 Å². The largest absolute Gasteiger partial charge is 0.497 e. The van der Waals surface area contributed by atoms with Gasteiger partial charge in [-0.25, -0.2) is 4.79 Å². The van der Waals surface area contributed by atoms with Crippen LogP contribution < -0.4 is 16.0 Å². The Kier molecular flexibility index (Phi) is 4.54. The van der Waals surface area contributed by atoms with Crippen molar-refractivity contribution in [3.63, 3.8) is 0 Å². The SMILES string of the molecule is COCCn1c(=O)c2c(nc3n(-c4cccc(OC)c4)c(C)c(C)n23)n(C)c1=O. The fourth-order valence-electron chi connectivity index (χ4n) is 3.69. The smallest absolute Gasteiger partial charge is 0.332 e. The Balaban J connectivity index is 2.12. The highest BCUT2D eigenvalue weighted by atomic mass is 16.5. The van der Waals surface area contributed by atoms with E-state index < -0.39 is 5.69 Å². The summed E-state index contributed by atoms with van der Waals surface area (Å²) in [5.74, 6) is 1.29. The van der Waals surface area contributed by atoms with Crippen molar-refractivity contribution < 1.29 is 9.47 Å². The molecule has 29 heavy (non-hydrogen) atoms. The third-order valence-corrected chi connectivity index (χ3v) is 5.35. The van der Waals surface area contributed by atoms with Gasteiger partial charge in [0.2, 0.25) is 5.78 Å². The lowest BCUT2D eigenvalue weighted by molar-refractivity contribution is 0.184. The molecule has 3 heterocycles. The van der Waals surface area contributed by atoms with E-state index >= 15 is 0 Å². The molecule has 0 aliphatic rings. The van der Waals surface area contributed by atoms with E-state index in [0.717, 1.165) is 22.8 Å². The Morgan fingerprint density at radius 3 is 2.55 bits per heavy atom. The number of aryl methyl sites for hydroxylation is 2. The number of fused-ring (bicyclic) bond motifs is 3. The number of methoxy groups -OCH3 is 2. The van der Waals surface area contributed by atoms with Crippen molar-refractivity contribution in [1.29, 1.82) is 0 Å². The van der Waals surface area contributed by atoms with E-state index in [1.807, 2.05) is 47.1 Å². The van der Waals surface area contributed by atoms with E-state index in [-0.39, 0.29) is 18.7 Å². The van der Waals surface area contributed by atoms with Gasteiger partial charge >= 0.3 is 5.69 Å². The zero-order valence-corrected chi connectivity index (χ0v) is 17.1. The van der Waals surface area contributed by atoms with Gasteiger partial charge in [0.15, 0.2) is 11.2 Å². The van der Waals surface area contributed by atoms with E-state index in [4.69, 9.17) is 9.47 Å². The molecule has 4 aromatic rings. The minimum atomic E-state index is -0.414. The monoisotopic (exact) mass is 397 g/mol. The fourth-order valence-corrected chi connectivity index (χ4v) is 3.69. The van der Waals surface area contributed by atoms with Crippen LogP contribution in [0.15, 0.2) is 33.9 Å². The van der Waals surface area contributed by atoms with Crippen LogP contribution in [0.5, 0.6) is 5.75 Å². The van der Waals surface area contributed by atoms with Crippen molar-refractivity contribution >= 4 is 16.9 Å². The highest BCUT2D eigenvalue weighted by Crippen LogP contribution is 2.26. The zero-order valence-electron chi connectivity index (χ0n) is 17.1. The van der Waals surface area contributed by atoms with Crippen LogP contribution in [0.25, 0.3) is 22.6 Å². The summed E-state index contributed by atoms with van der Waals surface area (Å²) in [7, 11) is 4.77. The third-order valence-electron chi connectivity index (χ3n) is 5.35. The molecule has 0 saturated heterocycles. The molecule has 0 fully saturated rings. The summed E-state index contributed by atoms with van der Waals surface area (Å²) in [6.07, 6.45) is 0. The minimum Gasteiger partial charge on any atom is -0.497 e. The number of hydrogen-bond acceptors (Lipinski definition) is 5. The third kappa shape index (κ3) is 2.69. The first-order chi connectivity index (χ1) is 13.9. The van der Waals surface area contributed by atoms with Crippen LogP contribution in [-0.4, -0.2) is 43.9 Å². The topological polar surface area (TPSA) is 84.7 Å². The van der Waals surface area contributed by atoms with Crippen LogP contribution in [0.2, 0.25) is 0 Å². The molecule has 0 spiro atoms. The average Bonchev–Trinajstić information content (AvgIpc) is 3.22. The van der Waals surface area contributed by atoms with Gasteiger partial charge in [0.05, 0.1) is 25.9 Å². The number of ether oxygens (including phenoxy) is 2. The highest BCUT2D eigenvalue weighted by molar-refractivity contribution is 5.77. The Morgan fingerprint density at radius 2 is 1.86 bits per heavy atom. The second-order valence-electron chi connectivity index (χ2n) is 6.92. The second kappa shape index (κ2) is 6.93. The number of hydrogen-bond donors (Lipinski definition) is 0. The van der Waals surface area contributed by atoms with E-state index in [0.29, 0.717) is 16.9 Å². The van der Waals surface area contributed by atoms with Gasteiger partial charge in [0, 0.05) is 31.6 Å². The van der Waals surface area contributed by atoms with Crippen LogP contribution in [0.3, 0.4) is 0 Å². The van der Waals surface area contributed by atoms with Crippen molar-refractivity contribution in [1.82, 2.24) is 23.1 Å². The quantitative estimate of drug-likeness (QED) is 0.508. The summed E-state index contributed by atoms with van der Waals surface area (Å²) >= 11 is 0. The predicted octanol–water partition coefficient (Wildman–Crippen LogP) is 1.41. The van der Waals surface area contributed by atoms with Gasteiger partial charge in [-0.05, 0) is 26.0 Å². The number of aromatic nitrogens is 5. The molecule has 9 heteroatoms. The second-order valence-corrected chi connectivity index (χ2v) is 6.92. The van der Waals surface area contributed by atoms with E-state index in [2.05, 4.69) is 4.98 Å². The summed E-state index contributed by atoms with van der Waals surface area (Å²) in [5, 5.41) is 0. The molecular formula is C20H23N5O4. The van der Waals surface area contributed by atoms with Gasteiger partial charge in [0.25, 0.3) is 5.56 Å². The zero-order chi connectivity index (χ0) is 20.9. The molecule has 0 aliphatic heterocycles. The lowest BCUT2D eigenvalue weighted by Gasteiger charge is -2.09. The van der Waals surface area contributed by atoms with E-state index in [1.165, 1.54) is 16.2 Å². The van der Waals surface area contributed by atoms with Crippen molar-refractivity contribution in [2.75, 3.05) is 20.8 Å². The molecule has 0 N–H and O–H groups in total. The van der Waals surface area contributed by atoms with E-state index in [1.54, 1.807) is 14.2 Å². The highest BCUT2D eigenvalue weighted by Gasteiger charge is 2.23. The molecule has 0 amide bonds. The molecule has 0 bridgehead atoms. The summed E-state index contributed by atoms with van der Waals surface area (Å²) < 4.78 is 16.8. The predicted molar refractivity (Wildman–Crippen MR) is 109 cm³/mol. The minimum absolute atomic E-state index is 0.180. The first-order valence-electron chi connectivity index (χ1n) is 9.24. The van der Waals surface area contributed by atoms with Gasteiger partial charge in [-0.1, -0.05) is 6.07 Å². The molecular weight excluding hydrogens is 374 g/mol. The van der Waals surface area contributed by atoms with Crippen LogP contribution >= 0.6 is 0 Å². The normalized spacial score (nSPS) is 11.6. The number of imidazole rings is 2. The summed E-state index contributed by atoms with van der Waals surface area (Å²) in [5.41, 5.74) is 2.61. The molecule has 0 atom stereocenters. The Labute approximate surface area is 166 Å². The van der Waals surface area contributed by atoms with Crippen LogP contribution in [-0.2, 0) is 18.3 Å². The van der Waals surface area contributed by atoms with E-state index in [9.17, 15) is 9.59 Å². The standard InChI is InChI=1S/C20H23N5O4/c1-12-13(2)25-16-17(22(3)20(27)23(18(16)26)9-10-28-4)21-19(25)24(12)14-7-6-8-15(11-14)29-5/h6-8,11H,9-10H2,1-5H3. The number of rotatable bonds is 5. The van der Waals surface area contributed by atoms with Crippen LogP contribution in [0.4, 0.5) is 0 Å². The summed E-state index contributed by atoms with van der Waals surface area (Å²) in [6, 6.07) is 7.62. The Hall–Kier alpha value is -3.33. The molecule has 0 saturated carbocycles. The maximum atomic E-state index is 13.2. The van der Waals surface area contributed by atoms with Gasteiger partial charge in [-0.3, -0.25) is 22.9 Å². The van der Waals surface area contributed by atoms with Crippen LogP contribution in [0.1, 0.15) is 11.4 Å². The lowest BCUT2D eigenvalue weighted by Crippen LogP contribution is -2.40. The Bertz CT molecular complexity index is 1360. The van der Waals surface area contributed by atoms with Gasteiger partial charge in [-0.2, -0.15) is 4.98 Å². The Morgan fingerprint density at radius 1 is 1.10 bits per heavy atom. The molecule has 9 nitrogen and oxygen atoms in total. The van der Waals surface area contributed by atoms with Gasteiger partial charge < -0.3 is 9.47 Å². The summed E-state index contributed by atoms with van der Waals surface area (Å²) in [4.78, 5) is 30.6. The maximum Gasteiger partial charge on any atom is 0.332 e. The molecule has 3 aromatic heterocycles. The molecule has 4 rings (SSSR count). The maximum absolute atomic E-state index is 13.2. The molecule has 0 unspecified atom stereocenters. The van der Waals surface area contributed by atoms with Crippen molar-refractivity contribution in [2.24, 2.45) is 7.05 Å². The molecule has 0 radical (unpaired) electrons. The van der Waals surface area contributed by atoms with Crippen molar-refractivity contribution in [3.05, 3.63) is 56.5 Å². The van der Waals surface area contributed by atoms with Crippen molar-refractivity contribution in [3.8, 4) is 11.4 Å². The first kappa shape index (κ1) is 19.0. The fraction of sp³-hybridized carbons (Fsp3) is 0.350. The van der Waals surface area contributed by atoms with Gasteiger partial charge in [-0.15, -0.1) is 0 Å². The molecule has 1 aromatic carbocycles.